The van der Waals surface area contributed by atoms with Gasteiger partial charge in [-0.15, -0.1) is 0 Å². The molecule has 0 aromatic carbocycles. The first-order chi connectivity index (χ1) is 5.79. The van der Waals surface area contributed by atoms with Gasteiger partial charge in [0.05, 0.1) is 0 Å². The Balaban J connectivity index is 2.92. The monoisotopic (exact) mass is 164 g/mol. The Kier molecular flexibility index (Phi) is 3.09. The molecule has 0 atom stereocenters. The summed E-state index contributed by atoms with van der Waals surface area (Å²) < 4.78 is 0. The maximum Gasteiger partial charge on any atom is 0.131 e. The second-order valence-corrected chi connectivity index (χ2v) is 2.82. The summed E-state index contributed by atoms with van der Waals surface area (Å²) in [7, 11) is 0. The van der Waals surface area contributed by atoms with E-state index >= 15 is 0 Å². The van der Waals surface area contributed by atoms with E-state index in [1.807, 2.05) is 12.3 Å². The third kappa shape index (κ3) is 1.76. The number of rotatable bonds is 3. The molecule has 2 heteroatoms. The molecule has 0 fully saturated rings. The van der Waals surface area contributed by atoms with Crippen molar-refractivity contribution in [1.29, 1.82) is 0 Å². The first-order valence-corrected chi connectivity index (χ1v) is 4.46. The van der Waals surface area contributed by atoms with Gasteiger partial charge < -0.3 is 4.90 Å². The van der Waals surface area contributed by atoms with Crippen LogP contribution in [0.4, 0.5) is 5.82 Å². The number of hydrogen-bond donors (Lipinski definition) is 0. The van der Waals surface area contributed by atoms with Crippen LogP contribution in [0.1, 0.15) is 19.4 Å². The molecule has 0 spiro atoms. The number of anilines is 1. The van der Waals surface area contributed by atoms with Gasteiger partial charge in [0.1, 0.15) is 5.82 Å². The zero-order valence-electron chi connectivity index (χ0n) is 8.04. The van der Waals surface area contributed by atoms with E-state index in [1.165, 1.54) is 5.56 Å². The van der Waals surface area contributed by atoms with Gasteiger partial charge in [0.15, 0.2) is 0 Å². The normalized spacial score (nSPS) is 9.92. The Morgan fingerprint density at radius 1 is 1.33 bits per heavy atom. The quantitative estimate of drug-likeness (QED) is 0.681. The van der Waals surface area contributed by atoms with Crippen LogP contribution >= 0.6 is 0 Å². The molecule has 0 saturated carbocycles. The molecular weight excluding hydrogens is 148 g/mol. The van der Waals surface area contributed by atoms with Crippen LogP contribution in [0.15, 0.2) is 18.3 Å². The van der Waals surface area contributed by atoms with Crippen molar-refractivity contribution in [2.45, 2.75) is 20.8 Å². The molecule has 1 aromatic heterocycles. The van der Waals surface area contributed by atoms with Crippen molar-refractivity contribution in [3.63, 3.8) is 0 Å². The lowest BCUT2D eigenvalue weighted by Gasteiger charge is -2.21. The number of nitrogens with zero attached hydrogens (tertiary/aromatic N) is 2. The highest BCUT2D eigenvalue weighted by molar-refractivity contribution is 5.45. The Morgan fingerprint density at radius 3 is 2.50 bits per heavy atom. The maximum absolute atomic E-state index is 4.35. The predicted molar refractivity (Wildman–Crippen MR) is 52.5 cm³/mol. The van der Waals surface area contributed by atoms with E-state index < -0.39 is 0 Å². The smallest absolute Gasteiger partial charge is 0.131 e. The Hall–Kier alpha value is -1.05. The number of aryl methyl sites for hydroxylation is 1. The van der Waals surface area contributed by atoms with Crippen LogP contribution in [-0.4, -0.2) is 18.1 Å². The predicted octanol–water partition coefficient (Wildman–Crippen LogP) is 2.24. The molecule has 1 heterocycles. The average molecular weight is 164 g/mol. The van der Waals surface area contributed by atoms with Gasteiger partial charge in [0, 0.05) is 19.3 Å². The van der Waals surface area contributed by atoms with Crippen LogP contribution in [0.25, 0.3) is 0 Å². The Labute approximate surface area is 74.2 Å². The van der Waals surface area contributed by atoms with Gasteiger partial charge in [0.2, 0.25) is 0 Å². The van der Waals surface area contributed by atoms with Crippen molar-refractivity contribution in [3.8, 4) is 0 Å². The average Bonchev–Trinajstić information content (AvgIpc) is 2.10. The lowest BCUT2D eigenvalue weighted by molar-refractivity contribution is 0.840. The molecule has 1 aromatic rings. The molecule has 1 rings (SSSR count). The lowest BCUT2D eigenvalue weighted by Crippen LogP contribution is -2.23. The fraction of sp³-hybridized carbons (Fsp3) is 0.500. The molecular formula is C10H16N2. The third-order valence-corrected chi connectivity index (χ3v) is 2.04. The maximum atomic E-state index is 4.35. The summed E-state index contributed by atoms with van der Waals surface area (Å²) in [5.41, 5.74) is 1.25. The van der Waals surface area contributed by atoms with Crippen LogP contribution in [0, 0.1) is 6.92 Å². The highest BCUT2D eigenvalue weighted by atomic mass is 15.2. The van der Waals surface area contributed by atoms with E-state index in [4.69, 9.17) is 0 Å². The van der Waals surface area contributed by atoms with Gasteiger partial charge in [-0.2, -0.15) is 0 Å². The van der Waals surface area contributed by atoms with Crippen LogP contribution in [-0.2, 0) is 0 Å². The minimum atomic E-state index is 1.02. The molecule has 0 N–H and O–H groups in total. The standard InChI is InChI=1S/C10H16N2/c1-4-12(5-2)10-9(3)7-6-8-11-10/h6-8H,4-5H2,1-3H3. The second-order valence-electron chi connectivity index (χ2n) is 2.82. The molecule has 0 bridgehead atoms. The fourth-order valence-corrected chi connectivity index (χ4v) is 1.33. The zero-order chi connectivity index (χ0) is 8.97. The topological polar surface area (TPSA) is 16.1 Å². The molecule has 0 radical (unpaired) electrons. The molecule has 0 aliphatic rings. The second kappa shape index (κ2) is 4.10. The summed E-state index contributed by atoms with van der Waals surface area (Å²) in [5, 5.41) is 0. The van der Waals surface area contributed by atoms with Gasteiger partial charge in [-0.05, 0) is 32.4 Å². The summed E-state index contributed by atoms with van der Waals surface area (Å²) in [6.45, 7) is 8.44. The molecule has 2 nitrogen and oxygen atoms in total. The van der Waals surface area contributed by atoms with Gasteiger partial charge in [-0.1, -0.05) is 6.07 Å². The van der Waals surface area contributed by atoms with E-state index in [0.717, 1.165) is 18.9 Å². The Bertz CT molecular complexity index is 241. The van der Waals surface area contributed by atoms with Crippen molar-refractivity contribution < 1.29 is 0 Å². The van der Waals surface area contributed by atoms with Crippen LogP contribution in [0.5, 0.6) is 0 Å². The molecule has 0 saturated heterocycles. The van der Waals surface area contributed by atoms with Gasteiger partial charge in [-0.3, -0.25) is 0 Å². The summed E-state index contributed by atoms with van der Waals surface area (Å²) in [6, 6.07) is 4.07. The van der Waals surface area contributed by atoms with Crippen molar-refractivity contribution in [2.24, 2.45) is 0 Å². The van der Waals surface area contributed by atoms with Crippen molar-refractivity contribution in [2.75, 3.05) is 18.0 Å². The van der Waals surface area contributed by atoms with E-state index in [0.29, 0.717) is 0 Å². The highest BCUT2D eigenvalue weighted by Crippen LogP contribution is 2.14. The molecule has 0 unspecified atom stereocenters. The summed E-state index contributed by atoms with van der Waals surface area (Å²) in [5.74, 6) is 1.11. The summed E-state index contributed by atoms with van der Waals surface area (Å²) in [4.78, 5) is 6.61. The van der Waals surface area contributed by atoms with E-state index in [9.17, 15) is 0 Å². The van der Waals surface area contributed by atoms with Crippen LogP contribution < -0.4 is 4.90 Å². The zero-order valence-corrected chi connectivity index (χ0v) is 8.04. The third-order valence-electron chi connectivity index (χ3n) is 2.04. The summed E-state index contributed by atoms with van der Waals surface area (Å²) in [6.07, 6.45) is 1.85. The molecule has 66 valence electrons. The lowest BCUT2D eigenvalue weighted by atomic mass is 10.2. The summed E-state index contributed by atoms with van der Waals surface area (Å²) >= 11 is 0. The Morgan fingerprint density at radius 2 is 2.00 bits per heavy atom. The highest BCUT2D eigenvalue weighted by Gasteiger charge is 2.04. The first kappa shape index (κ1) is 9.04. The molecule has 0 aliphatic heterocycles. The number of hydrogen-bond acceptors (Lipinski definition) is 2. The minimum absolute atomic E-state index is 1.02. The minimum Gasteiger partial charge on any atom is -0.357 e. The molecule has 0 aliphatic carbocycles. The molecule has 12 heavy (non-hydrogen) atoms. The van der Waals surface area contributed by atoms with Crippen molar-refractivity contribution in [1.82, 2.24) is 4.98 Å². The number of pyridine rings is 1. The van der Waals surface area contributed by atoms with Gasteiger partial charge in [-0.25, -0.2) is 4.98 Å². The van der Waals surface area contributed by atoms with Crippen molar-refractivity contribution in [3.05, 3.63) is 23.9 Å². The van der Waals surface area contributed by atoms with E-state index in [2.05, 4.69) is 36.7 Å². The van der Waals surface area contributed by atoms with Crippen LogP contribution in [0.3, 0.4) is 0 Å². The van der Waals surface area contributed by atoms with Gasteiger partial charge >= 0.3 is 0 Å². The fourth-order valence-electron chi connectivity index (χ4n) is 1.33. The number of aromatic nitrogens is 1. The van der Waals surface area contributed by atoms with Crippen molar-refractivity contribution >= 4 is 5.82 Å². The first-order valence-electron chi connectivity index (χ1n) is 4.46. The van der Waals surface area contributed by atoms with E-state index in [-0.39, 0.29) is 0 Å². The van der Waals surface area contributed by atoms with Crippen LogP contribution in [0.2, 0.25) is 0 Å². The SMILES string of the molecule is CCN(CC)c1ncccc1C. The van der Waals surface area contributed by atoms with E-state index in [1.54, 1.807) is 0 Å². The largest absolute Gasteiger partial charge is 0.357 e. The molecule has 0 amide bonds. The van der Waals surface area contributed by atoms with Gasteiger partial charge in [0.25, 0.3) is 0 Å².